The van der Waals surface area contributed by atoms with Crippen LogP contribution in [0.5, 0.6) is 5.75 Å². The number of carbonyl (C=O) groups excluding carboxylic acids is 1. The van der Waals surface area contributed by atoms with E-state index in [9.17, 15) is 4.79 Å². The summed E-state index contributed by atoms with van der Waals surface area (Å²) in [7, 11) is 0. The molecule has 0 spiro atoms. The van der Waals surface area contributed by atoms with Crippen molar-refractivity contribution in [1.29, 1.82) is 0 Å². The van der Waals surface area contributed by atoms with E-state index in [0.29, 0.717) is 11.7 Å². The maximum atomic E-state index is 12.3. The zero-order valence-corrected chi connectivity index (χ0v) is 11.0. The first-order chi connectivity index (χ1) is 8.72. The number of benzene rings is 1. The van der Waals surface area contributed by atoms with Crippen LogP contribution >= 0.6 is 11.3 Å². The Morgan fingerprint density at radius 3 is 2.78 bits per heavy atom. The van der Waals surface area contributed by atoms with Gasteiger partial charge in [-0.25, -0.2) is 0 Å². The van der Waals surface area contributed by atoms with E-state index in [0.717, 1.165) is 28.3 Å². The van der Waals surface area contributed by atoms with Crippen LogP contribution in [0.4, 0.5) is 0 Å². The molecule has 0 N–H and O–H groups in total. The van der Waals surface area contributed by atoms with E-state index in [2.05, 4.69) is 0 Å². The van der Waals surface area contributed by atoms with Crippen LogP contribution in [0.25, 0.3) is 0 Å². The number of thiophene rings is 1. The van der Waals surface area contributed by atoms with Gasteiger partial charge in [-0.1, -0.05) is 12.1 Å². The topological polar surface area (TPSA) is 26.3 Å². The third-order valence-corrected chi connectivity index (χ3v) is 3.89. The standard InChI is InChI=1S/C15H14O2S/c1-10-5-8-14(18-10)15(16)11-3-2-4-13(9-11)17-12-6-7-12/h2-5,8-9,12H,6-7H2,1H3. The first kappa shape index (κ1) is 11.5. The number of rotatable bonds is 4. The molecule has 1 fully saturated rings. The maximum absolute atomic E-state index is 12.3. The summed E-state index contributed by atoms with van der Waals surface area (Å²) in [5.74, 6) is 0.881. The van der Waals surface area contributed by atoms with Crippen LogP contribution in [0.3, 0.4) is 0 Å². The fraction of sp³-hybridized carbons (Fsp3) is 0.267. The Morgan fingerprint density at radius 2 is 2.11 bits per heavy atom. The molecule has 0 atom stereocenters. The lowest BCUT2D eigenvalue weighted by molar-refractivity contribution is 0.104. The highest BCUT2D eigenvalue weighted by atomic mass is 32.1. The largest absolute Gasteiger partial charge is 0.490 e. The molecule has 2 nitrogen and oxygen atoms in total. The van der Waals surface area contributed by atoms with Crippen molar-refractivity contribution in [2.24, 2.45) is 0 Å². The fourth-order valence-electron chi connectivity index (χ4n) is 1.79. The lowest BCUT2D eigenvalue weighted by Crippen LogP contribution is -2.01. The molecule has 2 aromatic rings. The molecule has 0 unspecified atom stereocenters. The summed E-state index contributed by atoms with van der Waals surface area (Å²) >= 11 is 1.53. The van der Waals surface area contributed by atoms with Crippen molar-refractivity contribution in [1.82, 2.24) is 0 Å². The monoisotopic (exact) mass is 258 g/mol. The van der Waals surface area contributed by atoms with E-state index in [1.54, 1.807) is 0 Å². The van der Waals surface area contributed by atoms with Crippen LogP contribution in [0.15, 0.2) is 36.4 Å². The highest BCUT2D eigenvalue weighted by molar-refractivity contribution is 7.14. The van der Waals surface area contributed by atoms with Crippen LogP contribution in [0.2, 0.25) is 0 Å². The zero-order valence-electron chi connectivity index (χ0n) is 10.2. The van der Waals surface area contributed by atoms with Crippen molar-refractivity contribution >= 4 is 17.1 Å². The van der Waals surface area contributed by atoms with Crippen molar-refractivity contribution in [3.63, 3.8) is 0 Å². The normalized spacial score (nSPS) is 14.5. The fourth-order valence-corrected chi connectivity index (χ4v) is 2.62. The summed E-state index contributed by atoms with van der Waals surface area (Å²) in [6, 6.07) is 11.3. The molecule has 1 heterocycles. The van der Waals surface area contributed by atoms with E-state index in [1.165, 1.54) is 11.3 Å². The molecule has 3 heteroatoms. The summed E-state index contributed by atoms with van der Waals surface area (Å²) < 4.78 is 5.71. The Labute approximate surface area is 110 Å². The van der Waals surface area contributed by atoms with Crippen LogP contribution in [-0.4, -0.2) is 11.9 Å². The summed E-state index contributed by atoms with van der Waals surface area (Å²) in [6.07, 6.45) is 2.62. The third kappa shape index (κ3) is 2.46. The van der Waals surface area contributed by atoms with Crippen LogP contribution < -0.4 is 4.74 Å². The lowest BCUT2D eigenvalue weighted by Gasteiger charge is -2.05. The molecular formula is C15H14O2S. The molecule has 18 heavy (non-hydrogen) atoms. The van der Waals surface area contributed by atoms with Crippen molar-refractivity contribution in [2.75, 3.05) is 0 Å². The Balaban J connectivity index is 1.84. The molecule has 1 saturated carbocycles. The molecule has 1 aliphatic rings. The first-order valence-corrected chi connectivity index (χ1v) is 6.92. The van der Waals surface area contributed by atoms with Crippen molar-refractivity contribution in [2.45, 2.75) is 25.9 Å². The molecule has 0 saturated heterocycles. The molecule has 0 radical (unpaired) electrons. The molecule has 3 rings (SSSR count). The number of ketones is 1. The van der Waals surface area contributed by atoms with Crippen molar-refractivity contribution in [3.05, 3.63) is 51.7 Å². The molecule has 1 aromatic heterocycles. The van der Waals surface area contributed by atoms with E-state index in [4.69, 9.17) is 4.74 Å². The molecule has 0 amide bonds. The van der Waals surface area contributed by atoms with Gasteiger partial charge in [0.05, 0.1) is 11.0 Å². The minimum atomic E-state index is 0.0781. The predicted molar refractivity (Wildman–Crippen MR) is 72.6 cm³/mol. The maximum Gasteiger partial charge on any atom is 0.203 e. The zero-order chi connectivity index (χ0) is 12.5. The average Bonchev–Trinajstić information content (AvgIpc) is 3.08. The third-order valence-electron chi connectivity index (χ3n) is 2.89. The van der Waals surface area contributed by atoms with Gasteiger partial charge in [-0.15, -0.1) is 11.3 Å². The molecule has 92 valence electrons. The molecular weight excluding hydrogens is 244 g/mol. The highest BCUT2D eigenvalue weighted by Crippen LogP contribution is 2.28. The van der Waals surface area contributed by atoms with Gasteiger partial charge in [-0.05, 0) is 44.0 Å². The average molecular weight is 258 g/mol. The van der Waals surface area contributed by atoms with Gasteiger partial charge in [-0.3, -0.25) is 4.79 Å². The Morgan fingerprint density at radius 1 is 1.28 bits per heavy atom. The molecule has 1 aromatic carbocycles. The van der Waals surface area contributed by atoms with Gasteiger partial charge in [0.1, 0.15) is 5.75 Å². The minimum Gasteiger partial charge on any atom is -0.490 e. The number of hydrogen-bond acceptors (Lipinski definition) is 3. The smallest absolute Gasteiger partial charge is 0.203 e. The van der Waals surface area contributed by atoms with E-state index in [-0.39, 0.29) is 5.78 Å². The Bertz CT molecular complexity index is 582. The van der Waals surface area contributed by atoms with Gasteiger partial charge in [0.25, 0.3) is 0 Å². The highest BCUT2D eigenvalue weighted by Gasteiger charge is 2.23. The van der Waals surface area contributed by atoms with E-state index in [1.807, 2.05) is 43.3 Å². The van der Waals surface area contributed by atoms with Crippen LogP contribution in [0.1, 0.15) is 33.0 Å². The summed E-state index contributed by atoms with van der Waals surface area (Å²) in [4.78, 5) is 14.2. The molecule has 0 bridgehead atoms. The molecule has 1 aliphatic carbocycles. The van der Waals surface area contributed by atoms with Crippen molar-refractivity contribution < 1.29 is 9.53 Å². The second kappa shape index (κ2) is 4.58. The number of ether oxygens (including phenoxy) is 1. The van der Waals surface area contributed by atoms with Crippen LogP contribution in [-0.2, 0) is 0 Å². The number of aryl methyl sites for hydroxylation is 1. The Kier molecular flexibility index (Phi) is 2.92. The SMILES string of the molecule is Cc1ccc(C(=O)c2cccc(OC3CC3)c2)s1. The Hall–Kier alpha value is -1.61. The van der Waals surface area contributed by atoms with Crippen LogP contribution in [0, 0.1) is 6.92 Å². The van der Waals surface area contributed by atoms with Gasteiger partial charge in [0.2, 0.25) is 5.78 Å². The van der Waals surface area contributed by atoms with Gasteiger partial charge in [-0.2, -0.15) is 0 Å². The van der Waals surface area contributed by atoms with Crippen molar-refractivity contribution in [3.8, 4) is 5.75 Å². The van der Waals surface area contributed by atoms with E-state index < -0.39 is 0 Å². The van der Waals surface area contributed by atoms with E-state index >= 15 is 0 Å². The lowest BCUT2D eigenvalue weighted by atomic mass is 10.1. The van der Waals surface area contributed by atoms with Gasteiger partial charge in [0, 0.05) is 10.4 Å². The second-order valence-corrected chi connectivity index (χ2v) is 5.87. The van der Waals surface area contributed by atoms with Gasteiger partial charge < -0.3 is 4.74 Å². The number of carbonyl (C=O) groups is 1. The second-order valence-electron chi connectivity index (χ2n) is 4.58. The minimum absolute atomic E-state index is 0.0781. The van der Waals surface area contributed by atoms with Gasteiger partial charge >= 0.3 is 0 Å². The quantitative estimate of drug-likeness (QED) is 0.779. The summed E-state index contributed by atoms with van der Waals surface area (Å²) in [5, 5.41) is 0. The summed E-state index contributed by atoms with van der Waals surface area (Å²) in [5.41, 5.74) is 0.704. The predicted octanol–water partition coefficient (Wildman–Crippen LogP) is 3.83. The first-order valence-electron chi connectivity index (χ1n) is 6.10. The number of hydrogen-bond donors (Lipinski definition) is 0. The van der Waals surface area contributed by atoms with Gasteiger partial charge in [0.15, 0.2) is 0 Å². The summed E-state index contributed by atoms with van der Waals surface area (Å²) in [6.45, 7) is 2.01. The molecule has 0 aliphatic heterocycles.